The summed E-state index contributed by atoms with van der Waals surface area (Å²) in [5, 5.41) is 9.98. The first-order valence-electron chi connectivity index (χ1n) is 5.23. The molecule has 0 aromatic carbocycles. The quantitative estimate of drug-likeness (QED) is 0.765. The molecule has 2 N–H and O–H groups in total. The molecule has 4 nitrogen and oxygen atoms in total. The highest BCUT2D eigenvalue weighted by atomic mass is 16.5. The maximum absolute atomic E-state index is 11.4. The summed E-state index contributed by atoms with van der Waals surface area (Å²) in [6.07, 6.45) is 0.710. The minimum absolute atomic E-state index is 0.606. The fourth-order valence-electron chi connectivity index (χ4n) is 2.19. The summed E-state index contributed by atoms with van der Waals surface area (Å²) in [7, 11) is 1.28. The Labute approximate surface area is 95.6 Å². The van der Waals surface area contributed by atoms with Crippen molar-refractivity contribution < 1.29 is 14.6 Å². The van der Waals surface area contributed by atoms with Crippen molar-refractivity contribution in [3.05, 3.63) is 23.0 Å². The standard InChI is InChI=1S/C12H19NO3/c1-7-6-13-8(2)9(7)12(3,4)10(14)11(15)16-5/h6,10,13-14H,1-5H3. The molecule has 90 valence electrons. The Balaban J connectivity index is 3.15. The Morgan fingerprint density at radius 1 is 1.50 bits per heavy atom. The van der Waals surface area contributed by atoms with Crippen LogP contribution in [0.25, 0.3) is 0 Å². The van der Waals surface area contributed by atoms with E-state index in [-0.39, 0.29) is 0 Å². The van der Waals surface area contributed by atoms with Crippen LogP contribution in [0, 0.1) is 13.8 Å². The van der Waals surface area contributed by atoms with Crippen molar-refractivity contribution in [1.82, 2.24) is 4.98 Å². The van der Waals surface area contributed by atoms with Crippen LogP contribution >= 0.6 is 0 Å². The fraction of sp³-hybridized carbons (Fsp3) is 0.583. The second-order valence-electron chi connectivity index (χ2n) is 4.62. The third-order valence-corrected chi connectivity index (χ3v) is 3.03. The van der Waals surface area contributed by atoms with Crippen LogP contribution in [0.2, 0.25) is 0 Å². The topological polar surface area (TPSA) is 62.3 Å². The smallest absolute Gasteiger partial charge is 0.335 e. The van der Waals surface area contributed by atoms with E-state index in [1.165, 1.54) is 7.11 Å². The maximum atomic E-state index is 11.4. The molecule has 0 fully saturated rings. The average molecular weight is 225 g/mol. The number of aromatic nitrogens is 1. The van der Waals surface area contributed by atoms with Crippen molar-refractivity contribution in [2.45, 2.75) is 39.2 Å². The van der Waals surface area contributed by atoms with Crippen molar-refractivity contribution in [3.63, 3.8) is 0 Å². The first-order valence-corrected chi connectivity index (χ1v) is 5.23. The molecular weight excluding hydrogens is 206 g/mol. The van der Waals surface area contributed by atoms with Crippen molar-refractivity contribution in [1.29, 1.82) is 0 Å². The van der Waals surface area contributed by atoms with E-state index in [1.807, 2.05) is 33.9 Å². The van der Waals surface area contributed by atoms with Crippen molar-refractivity contribution >= 4 is 5.97 Å². The summed E-state index contributed by atoms with van der Waals surface area (Å²) in [5.74, 6) is -0.606. The van der Waals surface area contributed by atoms with E-state index in [0.29, 0.717) is 0 Å². The Kier molecular flexibility index (Phi) is 3.43. The number of carbonyl (C=O) groups is 1. The number of aryl methyl sites for hydroxylation is 2. The third kappa shape index (κ3) is 1.97. The molecule has 1 atom stereocenters. The highest BCUT2D eigenvalue weighted by Crippen LogP contribution is 2.32. The number of esters is 1. The minimum Gasteiger partial charge on any atom is -0.467 e. The van der Waals surface area contributed by atoms with Gasteiger partial charge in [-0.1, -0.05) is 13.8 Å². The van der Waals surface area contributed by atoms with E-state index in [9.17, 15) is 9.90 Å². The van der Waals surface area contributed by atoms with Gasteiger partial charge in [0.05, 0.1) is 7.11 Å². The van der Waals surface area contributed by atoms with Gasteiger partial charge in [0.25, 0.3) is 0 Å². The SMILES string of the molecule is COC(=O)C(O)C(C)(C)c1c(C)c[nH]c1C. The van der Waals surface area contributed by atoms with Gasteiger partial charge in [0.2, 0.25) is 0 Å². The van der Waals surface area contributed by atoms with Crippen LogP contribution in [-0.2, 0) is 14.9 Å². The van der Waals surface area contributed by atoms with Gasteiger partial charge in [-0.15, -0.1) is 0 Å². The molecule has 0 amide bonds. The fourth-order valence-corrected chi connectivity index (χ4v) is 2.19. The molecule has 0 spiro atoms. The molecule has 0 saturated heterocycles. The number of rotatable bonds is 3. The van der Waals surface area contributed by atoms with E-state index in [2.05, 4.69) is 9.72 Å². The van der Waals surface area contributed by atoms with Crippen LogP contribution in [0.4, 0.5) is 0 Å². The Morgan fingerprint density at radius 2 is 2.06 bits per heavy atom. The van der Waals surface area contributed by atoms with E-state index < -0.39 is 17.5 Å². The molecule has 1 aromatic heterocycles. The van der Waals surface area contributed by atoms with Gasteiger partial charge in [-0.3, -0.25) is 0 Å². The molecule has 0 radical (unpaired) electrons. The van der Waals surface area contributed by atoms with Crippen molar-refractivity contribution in [2.75, 3.05) is 7.11 Å². The number of aromatic amines is 1. The highest BCUT2D eigenvalue weighted by molar-refractivity contribution is 5.76. The molecule has 0 aliphatic carbocycles. The Morgan fingerprint density at radius 3 is 2.44 bits per heavy atom. The Bertz CT molecular complexity index is 373. The number of H-pyrrole nitrogens is 1. The van der Waals surface area contributed by atoms with Crippen LogP contribution in [0.1, 0.15) is 30.7 Å². The van der Waals surface area contributed by atoms with Gasteiger partial charge in [-0.2, -0.15) is 0 Å². The van der Waals surface area contributed by atoms with Gasteiger partial charge in [0, 0.05) is 17.3 Å². The molecule has 0 saturated carbocycles. The minimum atomic E-state index is -1.16. The molecule has 1 heterocycles. The van der Waals surface area contributed by atoms with E-state index >= 15 is 0 Å². The average Bonchev–Trinajstić information content (AvgIpc) is 2.56. The Hall–Kier alpha value is -1.29. The normalized spacial score (nSPS) is 13.6. The van der Waals surface area contributed by atoms with Gasteiger partial charge in [-0.25, -0.2) is 4.79 Å². The zero-order valence-electron chi connectivity index (χ0n) is 10.4. The zero-order valence-corrected chi connectivity index (χ0v) is 10.4. The van der Waals surface area contributed by atoms with E-state index in [1.54, 1.807) is 0 Å². The first kappa shape index (κ1) is 12.8. The largest absolute Gasteiger partial charge is 0.467 e. The number of methoxy groups -OCH3 is 1. The van der Waals surface area contributed by atoms with Gasteiger partial charge in [0.1, 0.15) is 0 Å². The lowest BCUT2D eigenvalue weighted by Crippen LogP contribution is -2.41. The first-order chi connectivity index (χ1) is 7.32. The number of hydrogen-bond acceptors (Lipinski definition) is 3. The van der Waals surface area contributed by atoms with E-state index in [0.717, 1.165) is 16.8 Å². The van der Waals surface area contributed by atoms with Gasteiger partial charge < -0.3 is 14.8 Å². The second-order valence-corrected chi connectivity index (χ2v) is 4.62. The number of nitrogens with one attached hydrogen (secondary N) is 1. The molecule has 0 bridgehead atoms. The lowest BCUT2D eigenvalue weighted by atomic mass is 9.77. The van der Waals surface area contributed by atoms with Gasteiger partial charge in [0.15, 0.2) is 6.10 Å². The van der Waals surface area contributed by atoms with Crippen molar-refractivity contribution in [2.24, 2.45) is 0 Å². The molecule has 4 heteroatoms. The summed E-state index contributed by atoms with van der Waals surface area (Å²) < 4.78 is 4.58. The summed E-state index contributed by atoms with van der Waals surface area (Å²) in [5.41, 5.74) is 2.29. The summed E-state index contributed by atoms with van der Waals surface area (Å²) in [6.45, 7) is 7.54. The monoisotopic (exact) mass is 225 g/mol. The molecular formula is C12H19NO3. The molecule has 1 rings (SSSR count). The van der Waals surface area contributed by atoms with Crippen LogP contribution in [-0.4, -0.2) is 29.3 Å². The summed E-state index contributed by atoms with van der Waals surface area (Å²) >= 11 is 0. The predicted octanol–water partition coefficient (Wildman–Crippen LogP) is 1.44. The molecule has 16 heavy (non-hydrogen) atoms. The zero-order chi connectivity index (χ0) is 12.5. The maximum Gasteiger partial charge on any atom is 0.335 e. The number of ether oxygens (including phenoxy) is 1. The lowest BCUT2D eigenvalue weighted by Gasteiger charge is -2.29. The van der Waals surface area contributed by atoms with Crippen LogP contribution in [0.15, 0.2) is 6.20 Å². The summed E-state index contributed by atoms with van der Waals surface area (Å²) in [4.78, 5) is 14.5. The molecule has 1 unspecified atom stereocenters. The van der Waals surface area contributed by atoms with E-state index in [4.69, 9.17) is 0 Å². The van der Waals surface area contributed by atoms with Crippen LogP contribution < -0.4 is 0 Å². The second kappa shape index (κ2) is 4.29. The third-order valence-electron chi connectivity index (χ3n) is 3.03. The number of carbonyl (C=O) groups excluding carboxylic acids is 1. The van der Waals surface area contributed by atoms with Crippen molar-refractivity contribution in [3.8, 4) is 0 Å². The summed E-state index contributed by atoms with van der Waals surface area (Å²) in [6, 6.07) is 0. The van der Waals surface area contributed by atoms with Gasteiger partial charge >= 0.3 is 5.97 Å². The number of aliphatic hydroxyl groups is 1. The molecule has 1 aromatic rings. The number of hydrogen-bond donors (Lipinski definition) is 2. The number of aliphatic hydroxyl groups excluding tert-OH is 1. The predicted molar refractivity (Wildman–Crippen MR) is 61.3 cm³/mol. The highest BCUT2D eigenvalue weighted by Gasteiger charge is 2.38. The molecule has 0 aliphatic rings. The molecule has 0 aliphatic heterocycles. The lowest BCUT2D eigenvalue weighted by molar-refractivity contribution is -0.153. The van der Waals surface area contributed by atoms with Crippen LogP contribution in [0.3, 0.4) is 0 Å². The van der Waals surface area contributed by atoms with Crippen LogP contribution in [0.5, 0.6) is 0 Å². The van der Waals surface area contributed by atoms with Gasteiger partial charge in [-0.05, 0) is 25.0 Å².